The molecule has 0 amide bonds. The lowest BCUT2D eigenvalue weighted by Gasteiger charge is -2.33. The molecule has 0 spiro atoms. The molecule has 1 fully saturated rings. The number of fused-ring (bicyclic) bond motifs is 1. The Labute approximate surface area is 135 Å². The molecule has 124 valence electrons. The van der Waals surface area contributed by atoms with Crippen molar-refractivity contribution in [1.82, 2.24) is 9.97 Å². The van der Waals surface area contributed by atoms with E-state index in [1.54, 1.807) is 0 Å². The van der Waals surface area contributed by atoms with E-state index >= 15 is 0 Å². The lowest BCUT2D eigenvalue weighted by molar-refractivity contribution is 0.386. The van der Waals surface area contributed by atoms with Crippen LogP contribution in [0.4, 0.5) is 5.82 Å². The van der Waals surface area contributed by atoms with Crippen molar-refractivity contribution in [2.75, 3.05) is 24.2 Å². The second-order valence-electron chi connectivity index (χ2n) is 5.87. The summed E-state index contributed by atoms with van der Waals surface area (Å²) in [7, 11) is -1.80. The molecule has 0 unspecified atom stereocenters. The molecule has 7 nitrogen and oxygen atoms in total. The number of anilines is 1. The number of aromatic hydroxyl groups is 2. The Hall–Kier alpha value is -1.69. The third kappa shape index (κ3) is 3.63. The fourth-order valence-electron chi connectivity index (χ4n) is 3.05. The summed E-state index contributed by atoms with van der Waals surface area (Å²) < 4.78 is 0. The maximum atomic E-state index is 9.73. The quantitative estimate of drug-likeness (QED) is 0.498. The van der Waals surface area contributed by atoms with E-state index in [-0.39, 0.29) is 11.5 Å². The number of benzene rings is 1. The number of aromatic nitrogens is 2. The van der Waals surface area contributed by atoms with Crippen molar-refractivity contribution in [3.05, 3.63) is 18.5 Å². The van der Waals surface area contributed by atoms with Gasteiger partial charge < -0.3 is 24.9 Å². The maximum Gasteiger partial charge on any atom is 0.164 e. The van der Waals surface area contributed by atoms with Crippen LogP contribution >= 0.6 is 8.38 Å². The topological polar surface area (TPSA) is 110 Å². The first kappa shape index (κ1) is 16.2. The van der Waals surface area contributed by atoms with Gasteiger partial charge in [-0.1, -0.05) is 0 Å². The van der Waals surface area contributed by atoms with Crippen LogP contribution < -0.4 is 4.90 Å². The summed E-state index contributed by atoms with van der Waals surface area (Å²) in [6.07, 6.45) is 4.72. The third-order valence-electron chi connectivity index (χ3n) is 4.36. The van der Waals surface area contributed by atoms with Crippen LogP contribution in [0.15, 0.2) is 18.5 Å². The van der Waals surface area contributed by atoms with Gasteiger partial charge in [-0.3, -0.25) is 0 Å². The molecule has 2 heterocycles. The normalized spacial score (nSPS) is 16.4. The highest BCUT2D eigenvalue weighted by molar-refractivity contribution is 7.45. The van der Waals surface area contributed by atoms with Crippen LogP contribution in [0.5, 0.6) is 11.5 Å². The SMILES string of the molecule is Oc1cc2ncnc(N3CCC(CCP(O)O)CC3)c2cc1O. The van der Waals surface area contributed by atoms with E-state index in [2.05, 4.69) is 14.9 Å². The minimum atomic E-state index is -1.80. The fraction of sp³-hybridized carbons (Fsp3) is 0.467. The lowest BCUT2D eigenvalue weighted by Crippen LogP contribution is -2.34. The van der Waals surface area contributed by atoms with Crippen LogP contribution in [0.1, 0.15) is 19.3 Å². The minimum absolute atomic E-state index is 0.178. The van der Waals surface area contributed by atoms with Gasteiger partial charge in [-0.2, -0.15) is 0 Å². The Balaban J connectivity index is 1.76. The molecule has 4 N–H and O–H groups in total. The van der Waals surface area contributed by atoms with Gasteiger partial charge in [0.05, 0.1) is 5.52 Å². The zero-order valence-electron chi connectivity index (χ0n) is 12.6. The zero-order valence-corrected chi connectivity index (χ0v) is 13.5. The van der Waals surface area contributed by atoms with Crippen molar-refractivity contribution in [2.45, 2.75) is 19.3 Å². The van der Waals surface area contributed by atoms with Crippen LogP contribution in [-0.4, -0.2) is 49.2 Å². The van der Waals surface area contributed by atoms with Crippen LogP contribution in [0, 0.1) is 5.92 Å². The first-order valence-electron chi connectivity index (χ1n) is 7.61. The summed E-state index contributed by atoms with van der Waals surface area (Å²) in [4.78, 5) is 28.7. The molecule has 1 saturated heterocycles. The number of rotatable bonds is 4. The van der Waals surface area contributed by atoms with Crippen LogP contribution in [0.2, 0.25) is 0 Å². The highest BCUT2D eigenvalue weighted by atomic mass is 31.2. The first-order valence-corrected chi connectivity index (χ1v) is 9.05. The summed E-state index contributed by atoms with van der Waals surface area (Å²) in [5, 5.41) is 20.0. The van der Waals surface area contributed by atoms with Crippen molar-refractivity contribution in [1.29, 1.82) is 0 Å². The standard InChI is InChI=1S/C15H20N3O4P/c19-13-7-11-12(8-14(13)20)16-9-17-15(11)18-4-1-10(2-5-18)3-6-23(21)22/h7-10,19-22H,1-6H2. The van der Waals surface area contributed by atoms with E-state index in [0.717, 1.165) is 43.6 Å². The molecule has 2 aromatic rings. The smallest absolute Gasteiger partial charge is 0.164 e. The number of hydrogen-bond acceptors (Lipinski definition) is 7. The van der Waals surface area contributed by atoms with Crippen molar-refractivity contribution in [2.24, 2.45) is 5.92 Å². The van der Waals surface area contributed by atoms with E-state index in [4.69, 9.17) is 9.79 Å². The summed E-state index contributed by atoms with van der Waals surface area (Å²) >= 11 is 0. The monoisotopic (exact) mass is 337 g/mol. The van der Waals surface area contributed by atoms with Gasteiger partial charge in [0.15, 0.2) is 19.9 Å². The Morgan fingerprint density at radius 3 is 2.48 bits per heavy atom. The van der Waals surface area contributed by atoms with Gasteiger partial charge in [-0.25, -0.2) is 9.97 Å². The second kappa shape index (κ2) is 6.83. The van der Waals surface area contributed by atoms with Gasteiger partial charge in [0.25, 0.3) is 0 Å². The van der Waals surface area contributed by atoms with E-state index < -0.39 is 8.38 Å². The Morgan fingerprint density at radius 1 is 1.09 bits per heavy atom. The van der Waals surface area contributed by atoms with Crippen LogP contribution in [-0.2, 0) is 0 Å². The number of phenols is 2. The van der Waals surface area contributed by atoms with Gasteiger partial charge in [0, 0.05) is 30.7 Å². The Kier molecular flexibility index (Phi) is 4.80. The van der Waals surface area contributed by atoms with Gasteiger partial charge >= 0.3 is 0 Å². The molecule has 0 saturated carbocycles. The third-order valence-corrected chi connectivity index (χ3v) is 5.02. The highest BCUT2D eigenvalue weighted by Gasteiger charge is 2.22. The molecule has 3 rings (SSSR count). The van der Waals surface area contributed by atoms with E-state index in [1.807, 2.05) is 0 Å². The molecule has 1 aromatic heterocycles. The average Bonchev–Trinajstić information content (AvgIpc) is 2.54. The maximum absolute atomic E-state index is 9.73. The second-order valence-corrected chi connectivity index (χ2v) is 7.06. The molecule has 1 aliphatic rings. The van der Waals surface area contributed by atoms with Gasteiger partial charge in [0.1, 0.15) is 12.1 Å². The summed E-state index contributed by atoms with van der Waals surface area (Å²) in [5.74, 6) is 0.893. The van der Waals surface area contributed by atoms with Crippen molar-refractivity contribution in [3.8, 4) is 11.5 Å². The van der Waals surface area contributed by atoms with Crippen molar-refractivity contribution < 1.29 is 20.0 Å². The molecule has 1 aliphatic heterocycles. The minimum Gasteiger partial charge on any atom is -0.504 e. The molecular formula is C15H20N3O4P. The summed E-state index contributed by atoms with van der Waals surface area (Å²) in [6, 6.07) is 2.93. The van der Waals surface area contributed by atoms with E-state index in [1.165, 1.54) is 18.5 Å². The Morgan fingerprint density at radius 2 is 1.78 bits per heavy atom. The fourth-order valence-corrected chi connectivity index (χ4v) is 3.65. The van der Waals surface area contributed by atoms with Gasteiger partial charge in [0.2, 0.25) is 0 Å². The largest absolute Gasteiger partial charge is 0.504 e. The molecule has 1 aromatic carbocycles. The number of piperidine rings is 1. The average molecular weight is 337 g/mol. The van der Waals surface area contributed by atoms with Crippen molar-refractivity contribution in [3.63, 3.8) is 0 Å². The molecule has 23 heavy (non-hydrogen) atoms. The predicted octanol–water partition coefficient (Wildman–Crippen LogP) is 1.94. The van der Waals surface area contributed by atoms with Crippen molar-refractivity contribution >= 4 is 25.1 Å². The molecule has 0 aliphatic carbocycles. The number of hydrogen-bond donors (Lipinski definition) is 4. The molecule has 0 bridgehead atoms. The Bertz CT molecular complexity index is 690. The summed E-state index contributed by atoms with van der Waals surface area (Å²) in [6.45, 7) is 1.65. The van der Waals surface area contributed by atoms with E-state index in [0.29, 0.717) is 17.6 Å². The van der Waals surface area contributed by atoms with Gasteiger partial charge in [-0.05, 0) is 31.2 Å². The van der Waals surface area contributed by atoms with Gasteiger partial charge in [-0.15, -0.1) is 0 Å². The number of phenolic OH excluding ortho intramolecular Hbond substituents is 2. The first-order chi connectivity index (χ1) is 11.0. The molecule has 0 atom stereocenters. The summed E-state index contributed by atoms with van der Waals surface area (Å²) in [5.41, 5.74) is 0.596. The molecular weight excluding hydrogens is 317 g/mol. The molecule has 0 radical (unpaired) electrons. The van der Waals surface area contributed by atoms with E-state index in [9.17, 15) is 10.2 Å². The number of nitrogens with zero attached hydrogens (tertiary/aromatic N) is 3. The molecule has 8 heteroatoms. The highest BCUT2D eigenvalue weighted by Crippen LogP contribution is 2.35. The van der Waals surface area contributed by atoms with Crippen LogP contribution in [0.25, 0.3) is 10.9 Å². The predicted molar refractivity (Wildman–Crippen MR) is 88.6 cm³/mol. The van der Waals surface area contributed by atoms with Crippen LogP contribution in [0.3, 0.4) is 0 Å². The lowest BCUT2D eigenvalue weighted by atomic mass is 9.94. The zero-order chi connectivity index (χ0) is 16.4.